The van der Waals surface area contributed by atoms with Crippen LogP contribution in [0.5, 0.6) is 11.6 Å². The number of rotatable bonds is 6. The highest BCUT2D eigenvalue weighted by atomic mass is 35.5. The molecular weight excluding hydrogens is 557 g/mol. The molecular formula is C27H18ClF3N2O3S2. The van der Waals surface area contributed by atoms with Crippen molar-refractivity contribution in [3.63, 3.8) is 0 Å². The van der Waals surface area contributed by atoms with Crippen molar-refractivity contribution >= 4 is 46.4 Å². The van der Waals surface area contributed by atoms with Crippen LogP contribution in [0, 0.1) is 0 Å². The van der Waals surface area contributed by atoms with E-state index in [2.05, 4.69) is 10.3 Å². The maximum absolute atomic E-state index is 13.4. The van der Waals surface area contributed by atoms with E-state index in [0.29, 0.717) is 21.2 Å². The van der Waals surface area contributed by atoms with Gasteiger partial charge in [0.25, 0.3) is 0 Å². The van der Waals surface area contributed by atoms with E-state index in [1.165, 1.54) is 29.5 Å². The normalized spacial score (nSPS) is 19.7. The Morgan fingerprint density at radius 1 is 1.05 bits per heavy atom. The third-order valence-electron chi connectivity index (χ3n) is 5.95. The van der Waals surface area contributed by atoms with Crippen molar-refractivity contribution in [1.29, 1.82) is 0 Å². The Morgan fingerprint density at radius 3 is 2.55 bits per heavy atom. The van der Waals surface area contributed by atoms with Gasteiger partial charge in [-0.25, -0.2) is 4.98 Å². The molecule has 0 spiro atoms. The lowest BCUT2D eigenvalue weighted by Crippen LogP contribution is -2.58. The number of nitrogens with one attached hydrogen (secondary N) is 1. The first-order valence-electron chi connectivity index (χ1n) is 11.3. The number of carbonyl (C=O) groups excluding carboxylic acids is 2. The molecule has 1 aliphatic rings. The van der Waals surface area contributed by atoms with Crippen molar-refractivity contribution < 1.29 is 27.5 Å². The van der Waals surface area contributed by atoms with Crippen LogP contribution in [0.4, 0.5) is 13.2 Å². The average molecular weight is 575 g/mol. The zero-order chi connectivity index (χ0) is 26.9. The van der Waals surface area contributed by atoms with Crippen molar-refractivity contribution in [2.45, 2.75) is 28.3 Å². The standard InChI is InChI=1S/C27H18ClF3N2O3S2/c28-19-7-1-2-8-21(19)38-24-20(34)14-26(33-25(24)35,17-11-12-37-15-17)22-9-4-10-23(32-22)36-18-6-3-5-16(13-18)27(29,30)31/h1-13,15,24H,14H2,(H,33,35). The summed E-state index contributed by atoms with van der Waals surface area (Å²) >= 11 is 8.72. The van der Waals surface area contributed by atoms with Crippen LogP contribution in [0.25, 0.3) is 0 Å². The maximum atomic E-state index is 13.4. The zero-order valence-corrected chi connectivity index (χ0v) is 21.8. The first-order valence-corrected chi connectivity index (χ1v) is 13.5. The van der Waals surface area contributed by atoms with Crippen LogP contribution in [0.15, 0.2) is 88.5 Å². The number of halogens is 4. The Morgan fingerprint density at radius 2 is 1.84 bits per heavy atom. The monoisotopic (exact) mass is 574 g/mol. The molecule has 0 aliphatic carbocycles. The summed E-state index contributed by atoms with van der Waals surface area (Å²) in [6.07, 6.45) is -4.61. The number of ketones is 1. The molecule has 1 saturated heterocycles. The number of piperidine rings is 1. The van der Waals surface area contributed by atoms with Gasteiger partial charge in [0, 0.05) is 17.4 Å². The second-order valence-corrected chi connectivity index (χ2v) is 10.8. The van der Waals surface area contributed by atoms with Crippen molar-refractivity contribution in [2.75, 3.05) is 0 Å². The van der Waals surface area contributed by atoms with Gasteiger partial charge in [0.1, 0.15) is 16.5 Å². The Bertz CT molecular complexity index is 1480. The lowest BCUT2D eigenvalue weighted by molar-refractivity contribution is -0.137. The van der Waals surface area contributed by atoms with E-state index in [-0.39, 0.29) is 23.8 Å². The fourth-order valence-corrected chi connectivity index (χ4v) is 6.13. The highest BCUT2D eigenvalue weighted by Gasteiger charge is 2.48. The molecule has 2 aromatic carbocycles. The minimum Gasteiger partial charge on any atom is -0.439 e. The molecule has 4 aromatic rings. The summed E-state index contributed by atoms with van der Waals surface area (Å²) in [5, 5.41) is 6.07. The van der Waals surface area contributed by atoms with Crippen molar-refractivity contribution in [3.05, 3.63) is 105 Å². The fraction of sp³-hybridized carbons (Fsp3) is 0.148. The van der Waals surface area contributed by atoms with Crippen molar-refractivity contribution in [1.82, 2.24) is 10.3 Å². The molecule has 11 heteroatoms. The van der Waals surface area contributed by atoms with Gasteiger partial charge in [-0.1, -0.05) is 35.9 Å². The third-order valence-corrected chi connectivity index (χ3v) is 8.39. The molecule has 5 nitrogen and oxygen atoms in total. The summed E-state index contributed by atoms with van der Waals surface area (Å²) in [4.78, 5) is 31.9. The minimum absolute atomic E-state index is 0.0192. The van der Waals surface area contributed by atoms with Gasteiger partial charge in [-0.3, -0.25) is 9.59 Å². The number of Topliss-reactive ketones (excluding diaryl/α,β-unsaturated/α-hetero) is 1. The molecule has 2 atom stereocenters. The van der Waals surface area contributed by atoms with Gasteiger partial charge in [-0.2, -0.15) is 24.5 Å². The molecule has 0 bridgehead atoms. The van der Waals surface area contributed by atoms with Crippen molar-refractivity contribution in [3.8, 4) is 11.6 Å². The number of aromatic nitrogens is 1. The molecule has 1 aliphatic heterocycles. The van der Waals surface area contributed by atoms with E-state index < -0.39 is 28.4 Å². The largest absolute Gasteiger partial charge is 0.439 e. The van der Waals surface area contributed by atoms with Gasteiger partial charge in [-0.15, -0.1) is 11.8 Å². The van der Waals surface area contributed by atoms with Gasteiger partial charge in [0.05, 0.1) is 16.3 Å². The summed E-state index contributed by atoms with van der Waals surface area (Å²) in [5.41, 5.74) is -1.15. The number of carbonyl (C=O) groups is 2. The quantitative estimate of drug-likeness (QED) is 0.249. The molecule has 38 heavy (non-hydrogen) atoms. The highest BCUT2D eigenvalue weighted by molar-refractivity contribution is 8.01. The smallest absolute Gasteiger partial charge is 0.416 e. The molecule has 1 amide bonds. The van der Waals surface area contributed by atoms with Crippen LogP contribution < -0.4 is 10.1 Å². The second kappa shape index (κ2) is 10.4. The molecule has 194 valence electrons. The number of benzene rings is 2. The number of alkyl halides is 3. The second-order valence-electron chi connectivity index (χ2n) is 8.47. The van der Waals surface area contributed by atoms with Crippen LogP contribution in [0.1, 0.15) is 23.2 Å². The van der Waals surface area contributed by atoms with E-state index in [4.69, 9.17) is 16.3 Å². The lowest BCUT2D eigenvalue weighted by Gasteiger charge is -2.39. The SMILES string of the molecule is O=C1CC(c2ccsc2)(c2cccc(Oc3cccc(C(F)(F)F)c3)n2)NC(=O)C1Sc1ccccc1Cl. The predicted molar refractivity (Wildman–Crippen MR) is 140 cm³/mol. The molecule has 1 fully saturated rings. The number of ether oxygens (including phenoxy) is 1. The summed E-state index contributed by atoms with van der Waals surface area (Å²) < 4.78 is 45.1. The van der Waals surface area contributed by atoms with E-state index in [0.717, 1.165) is 23.9 Å². The lowest BCUT2D eigenvalue weighted by atomic mass is 9.79. The van der Waals surface area contributed by atoms with Gasteiger partial charge in [0.15, 0.2) is 5.78 Å². The first-order chi connectivity index (χ1) is 18.2. The Labute approximate surface area is 229 Å². The molecule has 3 heterocycles. The van der Waals surface area contributed by atoms with Crippen LogP contribution in [0.2, 0.25) is 5.02 Å². The molecule has 0 saturated carbocycles. The number of hydrogen-bond donors (Lipinski definition) is 1. The fourth-order valence-electron chi connectivity index (χ4n) is 4.16. The average Bonchev–Trinajstić information content (AvgIpc) is 3.43. The molecule has 2 aromatic heterocycles. The number of hydrogen-bond acceptors (Lipinski definition) is 6. The minimum atomic E-state index is -4.52. The van der Waals surface area contributed by atoms with Gasteiger partial charge in [-0.05, 0) is 58.8 Å². The Balaban J connectivity index is 1.47. The van der Waals surface area contributed by atoms with E-state index in [1.807, 2.05) is 10.8 Å². The summed E-state index contributed by atoms with van der Waals surface area (Å²) in [6, 6.07) is 18.0. The van der Waals surface area contributed by atoms with Gasteiger partial charge in [0.2, 0.25) is 11.8 Å². The zero-order valence-electron chi connectivity index (χ0n) is 19.4. The molecule has 2 unspecified atom stereocenters. The number of amides is 1. The molecule has 5 rings (SSSR count). The topological polar surface area (TPSA) is 68.3 Å². The third kappa shape index (κ3) is 5.29. The number of thioether (sulfide) groups is 1. The first kappa shape index (κ1) is 26.3. The van der Waals surface area contributed by atoms with Crippen LogP contribution in [-0.4, -0.2) is 21.9 Å². The predicted octanol–water partition coefficient (Wildman–Crippen LogP) is 7.10. The van der Waals surface area contributed by atoms with E-state index >= 15 is 0 Å². The molecule has 0 radical (unpaired) electrons. The highest BCUT2D eigenvalue weighted by Crippen LogP contribution is 2.41. The van der Waals surface area contributed by atoms with E-state index in [9.17, 15) is 22.8 Å². The van der Waals surface area contributed by atoms with Crippen LogP contribution in [0.3, 0.4) is 0 Å². The summed E-state index contributed by atoms with van der Waals surface area (Å²) in [7, 11) is 0. The Hall–Kier alpha value is -3.34. The summed E-state index contributed by atoms with van der Waals surface area (Å²) in [6.45, 7) is 0. The van der Waals surface area contributed by atoms with Crippen LogP contribution >= 0.6 is 34.7 Å². The number of nitrogens with zero attached hydrogens (tertiary/aromatic N) is 1. The number of thiophene rings is 1. The summed E-state index contributed by atoms with van der Waals surface area (Å²) in [5.74, 6) is -0.834. The number of pyridine rings is 1. The van der Waals surface area contributed by atoms with Crippen LogP contribution in [-0.2, 0) is 21.3 Å². The Kier molecular flexibility index (Phi) is 7.21. The molecule has 1 N–H and O–H groups in total. The van der Waals surface area contributed by atoms with Crippen molar-refractivity contribution in [2.24, 2.45) is 0 Å². The van der Waals surface area contributed by atoms with Gasteiger partial charge >= 0.3 is 6.18 Å². The van der Waals surface area contributed by atoms with E-state index in [1.54, 1.807) is 42.5 Å². The van der Waals surface area contributed by atoms with Gasteiger partial charge < -0.3 is 10.1 Å². The maximum Gasteiger partial charge on any atom is 0.416 e.